The number of anilines is 1. The minimum Gasteiger partial charge on any atom is -0.490 e. The van der Waals surface area contributed by atoms with E-state index in [1.165, 1.54) is 19.3 Å². The summed E-state index contributed by atoms with van der Waals surface area (Å²) in [6.07, 6.45) is 6.72. The second-order valence-corrected chi connectivity index (χ2v) is 5.90. The number of pyridine rings is 1. The van der Waals surface area contributed by atoms with Crippen LogP contribution in [0.3, 0.4) is 0 Å². The average Bonchev–Trinajstić information content (AvgIpc) is 2.46. The number of nitrogens with zero attached hydrogens (tertiary/aromatic N) is 2. The quantitative estimate of drug-likeness (QED) is 0.742. The predicted molar refractivity (Wildman–Crippen MR) is 83.4 cm³/mol. The SMILES string of the molecule is CCCOc1cccnc1N1CCCC(CCBr)C1. The molecule has 0 radical (unpaired) electrons. The van der Waals surface area contributed by atoms with Gasteiger partial charge in [-0.25, -0.2) is 4.98 Å². The summed E-state index contributed by atoms with van der Waals surface area (Å²) < 4.78 is 5.82. The lowest BCUT2D eigenvalue weighted by molar-refractivity contribution is 0.314. The van der Waals surface area contributed by atoms with Gasteiger partial charge in [0.1, 0.15) is 0 Å². The third-order valence-electron chi connectivity index (χ3n) is 3.55. The van der Waals surface area contributed by atoms with E-state index in [0.29, 0.717) is 0 Å². The molecule has 0 saturated carbocycles. The molecule has 0 N–H and O–H groups in total. The van der Waals surface area contributed by atoms with Crippen LogP contribution in [0, 0.1) is 5.92 Å². The number of aromatic nitrogens is 1. The smallest absolute Gasteiger partial charge is 0.171 e. The van der Waals surface area contributed by atoms with Gasteiger partial charge in [-0.15, -0.1) is 0 Å². The fourth-order valence-corrected chi connectivity index (χ4v) is 3.24. The summed E-state index contributed by atoms with van der Waals surface area (Å²) >= 11 is 3.55. The fraction of sp³-hybridized carbons (Fsp3) is 0.667. The third-order valence-corrected chi connectivity index (χ3v) is 4.01. The van der Waals surface area contributed by atoms with E-state index in [9.17, 15) is 0 Å². The highest BCUT2D eigenvalue weighted by molar-refractivity contribution is 9.09. The zero-order valence-corrected chi connectivity index (χ0v) is 13.2. The van der Waals surface area contributed by atoms with E-state index in [2.05, 4.69) is 32.7 Å². The Morgan fingerprint density at radius 2 is 2.42 bits per heavy atom. The lowest BCUT2D eigenvalue weighted by atomic mass is 9.95. The Morgan fingerprint density at radius 1 is 1.53 bits per heavy atom. The van der Waals surface area contributed by atoms with E-state index >= 15 is 0 Å². The number of halogens is 1. The molecule has 1 fully saturated rings. The largest absolute Gasteiger partial charge is 0.490 e. The first-order chi connectivity index (χ1) is 9.35. The first-order valence-corrected chi connectivity index (χ1v) is 8.36. The molecule has 106 valence electrons. The molecule has 0 bridgehead atoms. The highest BCUT2D eigenvalue weighted by Gasteiger charge is 2.22. The van der Waals surface area contributed by atoms with Crippen molar-refractivity contribution in [3.8, 4) is 5.75 Å². The molecule has 19 heavy (non-hydrogen) atoms. The molecule has 1 unspecified atom stereocenters. The Hall–Kier alpha value is -0.770. The number of piperidine rings is 1. The molecule has 2 heterocycles. The maximum Gasteiger partial charge on any atom is 0.171 e. The Labute approximate surface area is 124 Å². The first kappa shape index (κ1) is 14.6. The number of hydrogen-bond acceptors (Lipinski definition) is 3. The van der Waals surface area contributed by atoms with Crippen LogP contribution in [-0.4, -0.2) is 30.0 Å². The summed E-state index contributed by atoms with van der Waals surface area (Å²) in [5.41, 5.74) is 0. The van der Waals surface area contributed by atoms with Gasteiger partial charge in [0, 0.05) is 24.6 Å². The molecule has 1 aliphatic rings. The van der Waals surface area contributed by atoms with Crippen LogP contribution in [0.2, 0.25) is 0 Å². The molecule has 0 aliphatic carbocycles. The van der Waals surface area contributed by atoms with Crippen LogP contribution >= 0.6 is 15.9 Å². The van der Waals surface area contributed by atoms with E-state index in [1.54, 1.807) is 0 Å². The summed E-state index contributed by atoms with van der Waals surface area (Å²) in [6.45, 7) is 5.09. The maximum absolute atomic E-state index is 5.82. The zero-order chi connectivity index (χ0) is 13.5. The summed E-state index contributed by atoms with van der Waals surface area (Å²) in [5, 5.41) is 1.09. The zero-order valence-electron chi connectivity index (χ0n) is 11.6. The van der Waals surface area contributed by atoms with Gasteiger partial charge in [-0.3, -0.25) is 0 Å². The summed E-state index contributed by atoms with van der Waals surface area (Å²) in [4.78, 5) is 6.93. The molecular formula is C15H23BrN2O. The Balaban J connectivity index is 2.07. The maximum atomic E-state index is 5.82. The van der Waals surface area contributed by atoms with E-state index in [-0.39, 0.29) is 0 Å². The molecule has 3 nitrogen and oxygen atoms in total. The molecule has 1 aromatic heterocycles. The van der Waals surface area contributed by atoms with E-state index in [1.807, 2.05) is 18.3 Å². The first-order valence-electron chi connectivity index (χ1n) is 7.24. The molecule has 1 atom stereocenters. The molecule has 2 rings (SSSR count). The molecule has 4 heteroatoms. The fourth-order valence-electron chi connectivity index (χ4n) is 2.59. The summed E-state index contributed by atoms with van der Waals surface area (Å²) in [7, 11) is 0. The van der Waals surface area contributed by atoms with Crippen molar-refractivity contribution in [2.24, 2.45) is 5.92 Å². The van der Waals surface area contributed by atoms with Crippen LogP contribution < -0.4 is 9.64 Å². The van der Waals surface area contributed by atoms with Crippen LogP contribution in [0.4, 0.5) is 5.82 Å². The van der Waals surface area contributed by atoms with Crippen molar-refractivity contribution in [3.63, 3.8) is 0 Å². The molecule has 1 saturated heterocycles. The van der Waals surface area contributed by atoms with Crippen molar-refractivity contribution in [3.05, 3.63) is 18.3 Å². The second kappa shape index (κ2) is 7.73. The van der Waals surface area contributed by atoms with Gasteiger partial charge in [-0.1, -0.05) is 22.9 Å². The monoisotopic (exact) mass is 326 g/mol. The lowest BCUT2D eigenvalue weighted by Crippen LogP contribution is -2.36. The van der Waals surface area contributed by atoms with Crippen LogP contribution in [-0.2, 0) is 0 Å². The van der Waals surface area contributed by atoms with Crippen LogP contribution in [0.15, 0.2) is 18.3 Å². The molecule has 0 amide bonds. The van der Waals surface area contributed by atoms with Crippen molar-refractivity contribution < 1.29 is 4.74 Å². The van der Waals surface area contributed by atoms with Crippen molar-refractivity contribution in [2.45, 2.75) is 32.6 Å². The highest BCUT2D eigenvalue weighted by atomic mass is 79.9. The topological polar surface area (TPSA) is 25.4 Å². The molecule has 0 spiro atoms. The number of alkyl halides is 1. The Bertz CT molecular complexity index is 384. The van der Waals surface area contributed by atoms with E-state index < -0.39 is 0 Å². The van der Waals surface area contributed by atoms with Crippen molar-refractivity contribution >= 4 is 21.7 Å². The van der Waals surface area contributed by atoms with Gasteiger partial charge in [-0.2, -0.15) is 0 Å². The highest BCUT2D eigenvalue weighted by Crippen LogP contribution is 2.30. The molecule has 1 aliphatic heterocycles. The molecular weight excluding hydrogens is 304 g/mol. The Morgan fingerprint density at radius 3 is 3.21 bits per heavy atom. The van der Waals surface area contributed by atoms with Crippen LogP contribution in [0.5, 0.6) is 5.75 Å². The van der Waals surface area contributed by atoms with Gasteiger partial charge < -0.3 is 9.64 Å². The Kier molecular flexibility index (Phi) is 5.95. The minimum absolute atomic E-state index is 0.761. The van der Waals surface area contributed by atoms with Crippen molar-refractivity contribution in [1.29, 1.82) is 0 Å². The summed E-state index contributed by atoms with van der Waals surface area (Å²) in [6, 6.07) is 3.99. The standard InChI is InChI=1S/C15H23BrN2O/c1-2-11-19-14-6-3-9-17-15(14)18-10-4-5-13(12-18)7-8-16/h3,6,9,13H,2,4-5,7-8,10-12H2,1H3. The van der Waals surface area contributed by atoms with E-state index in [0.717, 1.165) is 48.9 Å². The number of hydrogen-bond donors (Lipinski definition) is 0. The normalized spacial score (nSPS) is 19.5. The number of rotatable bonds is 6. The minimum atomic E-state index is 0.761. The van der Waals surface area contributed by atoms with Gasteiger partial charge in [0.05, 0.1) is 6.61 Å². The van der Waals surface area contributed by atoms with Gasteiger partial charge in [0.25, 0.3) is 0 Å². The van der Waals surface area contributed by atoms with E-state index in [4.69, 9.17) is 4.74 Å². The lowest BCUT2D eigenvalue weighted by Gasteiger charge is -2.34. The predicted octanol–water partition coefficient (Wildman–Crippen LogP) is 3.87. The van der Waals surface area contributed by atoms with Crippen LogP contribution in [0.1, 0.15) is 32.6 Å². The van der Waals surface area contributed by atoms with Gasteiger partial charge >= 0.3 is 0 Å². The molecule has 1 aromatic rings. The van der Waals surface area contributed by atoms with Gasteiger partial charge in [0.15, 0.2) is 11.6 Å². The second-order valence-electron chi connectivity index (χ2n) is 5.11. The average molecular weight is 327 g/mol. The van der Waals surface area contributed by atoms with Gasteiger partial charge in [0.2, 0.25) is 0 Å². The molecule has 0 aromatic carbocycles. The summed E-state index contributed by atoms with van der Waals surface area (Å²) in [5.74, 6) is 2.73. The third kappa shape index (κ3) is 4.10. The van der Waals surface area contributed by atoms with Crippen LogP contribution in [0.25, 0.3) is 0 Å². The number of ether oxygens (including phenoxy) is 1. The van der Waals surface area contributed by atoms with Crippen molar-refractivity contribution in [2.75, 3.05) is 29.9 Å². The van der Waals surface area contributed by atoms with Crippen molar-refractivity contribution in [1.82, 2.24) is 4.98 Å². The van der Waals surface area contributed by atoms with Gasteiger partial charge in [-0.05, 0) is 43.7 Å².